The van der Waals surface area contributed by atoms with Crippen molar-refractivity contribution >= 4 is 0 Å². The van der Waals surface area contributed by atoms with E-state index in [1.807, 2.05) is 6.07 Å². The molecule has 0 amide bonds. The maximum Gasteiger partial charge on any atom is 0.270 e. The first-order valence-electron chi connectivity index (χ1n) is 5.67. The maximum atomic E-state index is 13.2. The Kier molecular flexibility index (Phi) is 2.74. The van der Waals surface area contributed by atoms with Crippen LogP contribution < -0.4 is 5.73 Å². The Morgan fingerprint density at radius 1 is 1.38 bits per heavy atom. The first-order valence-corrected chi connectivity index (χ1v) is 5.67. The smallest absolute Gasteiger partial charge is 0.270 e. The number of rotatable bonds is 3. The molecule has 1 aliphatic carbocycles. The Bertz CT molecular complexity index is 372. The second-order valence-corrected chi connectivity index (χ2v) is 4.81. The van der Waals surface area contributed by atoms with E-state index in [1.165, 1.54) is 6.07 Å². The normalized spacial score (nSPS) is 19.2. The number of nitrogens with two attached hydrogens (primary N) is 1. The van der Waals surface area contributed by atoms with Crippen LogP contribution in [0.4, 0.5) is 8.78 Å². The standard InChI is InChI=1S/C13H17F2N/c1-12(14,15)10-4-2-5-11(8-10)13(9-16)6-3-7-13/h2,4-5,8H,3,6-7,9,16H2,1H3. The largest absolute Gasteiger partial charge is 0.330 e. The molecule has 0 radical (unpaired) electrons. The highest BCUT2D eigenvalue weighted by Crippen LogP contribution is 2.43. The number of hydrogen-bond acceptors (Lipinski definition) is 1. The minimum absolute atomic E-state index is 0.0404. The molecule has 1 fully saturated rings. The van der Waals surface area contributed by atoms with Crippen molar-refractivity contribution in [2.75, 3.05) is 6.54 Å². The van der Waals surface area contributed by atoms with Crippen molar-refractivity contribution < 1.29 is 8.78 Å². The average molecular weight is 225 g/mol. The van der Waals surface area contributed by atoms with Gasteiger partial charge in [0.25, 0.3) is 5.92 Å². The highest BCUT2D eigenvalue weighted by atomic mass is 19.3. The molecular formula is C13H17F2N. The zero-order valence-electron chi connectivity index (χ0n) is 9.47. The van der Waals surface area contributed by atoms with E-state index >= 15 is 0 Å². The van der Waals surface area contributed by atoms with Crippen molar-refractivity contribution in [2.24, 2.45) is 5.73 Å². The van der Waals surface area contributed by atoms with Crippen LogP contribution in [0.1, 0.15) is 37.3 Å². The molecule has 2 rings (SSSR count). The fourth-order valence-corrected chi connectivity index (χ4v) is 2.34. The summed E-state index contributed by atoms with van der Waals surface area (Å²) in [5, 5.41) is 0. The van der Waals surface area contributed by atoms with Gasteiger partial charge in [-0.25, -0.2) is 8.78 Å². The minimum Gasteiger partial charge on any atom is -0.330 e. The molecule has 0 unspecified atom stereocenters. The van der Waals surface area contributed by atoms with Crippen LogP contribution in [0.15, 0.2) is 24.3 Å². The molecule has 3 heteroatoms. The zero-order chi connectivity index (χ0) is 11.8. The molecule has 0 heterocycles. The quantitative estimate of drug-likeness (QED) is 0.840. The summed E-state index contributed by atoms with van der Waals surface area (Å²) in [7, 11) is 0. The molecule has 1 aliphatic rings. The summed E-state index contributed by atoms with van der Waals surface area (Å²) in [5.41, 5.74) is 6.79. The van der Waals surface area contributed by atoms with Crippen molar-refractivity contribution in [1.82, 2.24) is 0 Å². The zero-order valence-corrected chi connectivity index (χ0v) is 9.47. The third-order valence-electron chi connectivity index (χ3n) is 3.68. The van der Waals surface area contributed by atoms with Gasteiger partial charge in [-0.1, -0.05) is 24.6 Å². The van der Waals surface area contributed by atoms with Crippen LogP contribution in [0.2, 0.25) is 0 Å². The van der Waals surface area contributed by atoms with Gasteiger partial charge in [-0.3, -0.25) is 0 Å². The summed E-state index contributed by atoms with van der Waals surface area (Å²) in [5.74, 6) is -2.77. The van der Waals surface area contributed by atoms with Crippen molar-refractivity contribution in [2.45, 2.75) is 37.5 Å². The third kappa shape index (κ3) is 1.84. The van der Waals surface area contributed by atoms with Crippen LogP contribution in [-0.2, 0) is 11.3 Å². The van der Waals surface area contributed by atoms with Crippen LogP contribution in [0.3, 0.4) is 0 Å². The van der Waals surface area contributed by atoms with E-state index in [1.54, 1.807) is 12.1 Å². The van der Waals surface area contributed by atoms with Crippen LogP contribution in [-0.4, -0.2) is 6.54 Å². The lowest BCUT2D eigenvalue weighted by molar-refractivity contribution is 0.0172. The summed E-state index contributed by atoms with van der Waals surface area (Å²) < 4.78 is 26.4. The Morgan fingerprint density at radius 2 is 2.06 bits per heavy atom. The fraction of sp³-hybridized carbons (Fsp3) is 0.538. The highest BCUT2D eigenvalue weighted by molar-refractivity contribution is 5.34. The Labute approximate surface area is 94.7 Å². The van der Waals surface area contributed by atoms with E-state index in [-0.39, 0.29) is 11.0 Å². The summed E-state index contributed by atoms with van der Waals surface area (Å²) in [6.07, 6.45) is 3.18. The topological polar surface area (TPSA) is 26.0 Å². The van der Waals surface area contributed by atoms with Crippen molar-refractivity contribution in [3.8, 4) is 0 Å². The SMILES string of the molecule is CC(F)(F)c1cccc(C2(CN)CCC2)c1. The summed E-state index contributed by atoms with van der Waals surface area (Å²) in [6.45, 7) is 1.48. The maximum absolute atomic E-state index is 13.2. The van der Waals surface area contributed by atoms with E-state index in [2.05, 4.69) is 0 Å². The van der Waals surface area contributed by atoms with E-state index in [0.29, 0.717) is 6.54 Å². The van der Waals surface area contributed by atoms with E-state index in [4.69, 9.17) is 5.73 Å². The molecule has 0 aromatic heterocycles. The molecule has 0 aliphatic heterocycles. The van der Waals surface area contributed by atoms with Crippen LogP contribution >= 0.6 is 0 Å². The molecule has 1 aromatic rings. The lowest BCUT2D eigenvalue weighted by Gasteiger charge is -2.41. The minimum atomic E-state index is -2.77. The monoisotopic (exact) mass is 225 g/mol. The molecule has 1 aromatic carbocycles. The third-order valence-corrected chi connectivity index (χ3v) is 3.68. The van der Waals surface area contributed by atoms with E-state index < -0.39 is 5.92 Å². The fourth-order valence-electron chi connectivity index (χ4n) is 2.34. The highest BCUT2D eigenvalue weighted by Gasteiger charge is 2.38. The van der Waals surface area contributed by atoms with Crippen LogP contribution in [0, 0.1) is 0 Å². The molecule has 0 bridgehead atoms. The molecule has 16 heavy (non-hydrogen) atoms. The number of benzene rings is 1. The van der Waals surface area contributed by atoms with Gasteiger partial charge in [0.1, 0.15) is 0 Å². The molecule has 1 saturated carbocycles. The van der Waals surface area contributed by atoms with E-state index in [0.717, 1.165) is 31.7 Å². The van der Waals surface area contributed by atoms with Gasteiger partial charge in [0.2, 0.25) is 0 Å². The molecule has 1 nitrogen and oxygen atoms in total. The summed E-state index contributed by atoms with van der Waals surface area (Å²) in [4.78, 5) is 0. The Balaban J connectivity index is 2.36. The van der Waals surface area contributed by atoms with Crippen LogP contribution in [0.25, 0.3) is 0 Å². The summed E-state index contributed by atoms with van der Waals surface area (Å²) in [6, 6.07) is 6.72. The molecule has 0 atom stereocenters. The molecule has 2 N–H and O–H groups in total. The lowest BCUT2D eigenvalue weighted by Crippen LogP contribution is -2.41. The Morgan fingerprint density at radius 3 is 2.50 bits per heavy atom. The lowest BCUT2D eigenvalue weighted by atomic mass is 9.64. The van der Waals surface area contributed by atoms with Gasteiger partial charge >= 0.3 is 0 Å². The first kappa shape index (κ1) is 11.5. The van der Waals surface area contributed by atoms with Gasteiger partial charge in [0, 0.05) is 24.4 Å². The predicted molar refractivity (Wildman–Crippen MR) is 60.6 cm³/mol. The van der Waals surface area contributed by atoms with Gasteiger partial charge in [0.05, 0.1) is 0 Å². The second-order valence-electron chi connectivity index (χ2n) is 4.81. The first-order chi connectivity index (χ1) is 7.48. The van der Waals surface area contributed by atoms with Crippen LogP contribution in [0.5, 0.6) is 0 Å². The van der Waals surface area contributed by atoms with Gasteiger partial charge in [-0.15, -0.1) is 0 Å². The summed E-state index contributed by atoms with van der Waals surface area (Å²) >= 11 is 0. The average Bonchev–Trinajstić information content (AvgIpc) is 2.16. The van der Waals surface area contributed by atoms with Gasteiger partial charge in [-0.05, 0) is 24.5 Å². The van der Waals surface area contributed by atoms with Gasteiger partial charge in [0.15, 0.2) is 0 Å². The Hall–Kier alpha value is -0.960. The molecule has 88 valence electrons. The second kappa shape index (κ2) is 3.81. The molecule has 0 saturated heterocycles. The molecule has 0 spiro atoms. The number of hydrogen-bond donors (Lipinski definition) is 1. The predicted octanol–water partition coefficient (Wildman–Crippen LogP) is 3.18. The number of halogens is 2. The van der Waals surface area contributed by atoms with Crippen molar-refractivity contribution in [1.29, 1.82) is 0 Å². The van der Waals surface area contributed by atoms with E-state index in [9.17, 15) is 8.78 Å². The van der Waals surface area contributed by atoms with Crippen molar-refractivity contribution in [3.63, 3.8) is 0 Å². The number of alkyl halides is 2. The van der Waals surface area contributed by atoms with Gasteiger partial charge in [-0.2, -0.15) is 0 Å². The van der Waals surface area contributed by atoms with Gasteiger partial charge < -0.3 is 5.73 Å². The molecular weight excluding hydrogens is 208 g/mol. The van der Waals surface area contributed by atoms with Crippen molar-refractivity contribution in [3.05, 3.63) is 35.4 Å².